The van der Waals surface area contributed by atoms with Crippen molar-refractivity contribution < 1.29 is 8.42 Å². The van der Waals surface area contributed by atoms with Crippen LogP contribution in [-0.4, -0.2) is 13.4 Å². The number of pyridine rings is 1. The van der Waals surface area contributed by atoms with E-state index in [0.717, 1.165) is 12.3 Å². The van der Waals surface area contributed by atoms with Crippen LogP contribution in [0.15, 0.2) is 49.1 Å². The van der Waals surface area contributed by atoms with Gasteiger partial charge in [-0.2, -0.15) is 0 Å². The van der Waals surface area contributed by atoms with Crippen LogP contribution in [0.25, 0.3) is 0 Å². The third-order valence-corrected chi connectivity index (χ3v) is 5.27. The van der Waals surface area contributed by atoms with Crippen molar-refractivity contribution in [2.75, 3.05) is 4.72 Å². The second-order valence-corrected chi connectivity index (χ2v) is 7.51. The predicted octanol–water partition coefficient (Wildman–Crippen LogP) is 3.35. The number of aromatic nitrogens is 1. The van der Waals surface area contributed by atoms with Gasteiger partial charge in [0.15, 0.2) is 0 Å². The van der Waals surface area contributed by atoms with E-state index in [1.54, 1.807) is 18.2 Å². The Kier molecular flexibility index (Phi) is 4.58. The molecule has 0 unspecified atom stereocenters. The number of H-pyrrole nitrogens is 1. The number of rotatable bonds is 3. The lowest BCUT2D eigenvalue weighted by Gasteiger charge is -2.11. The van der Waals surface area contributed by atoms with Crippen molar-refractivity contribution in [3.63, 3.8) is 0 Å². The normalized spacial score (nSPS) is 11.3. The highest BCUT2D eigenvalue weighted by molar-refractivity contribution is 9.11. The quantitative estimate of drug-likeness (QED) is 0.765. The summed E-state index contributed by atoms with van der Waals surface area (Å²) in [5.41, 5.74) is -0.192. The SMILES string of the molecule is O=c1[nH]cc(S(=O)(=O)Nc2c(Br)cccc2Br)cc1Cl. The minimum atomic E-state index is -3.86. The predicted molar refractivity (Wildman–Crippen MR) is 84.7 cm³/mol. The zero-order valence-corrected chi connectivity index (χ0v) is 14.4. The van der Waals surface area contributed by atoms with Crippen LogP contribution in [0.1, 0.15) is 0 Å². The highest BCUT2D eigenvalue weighted by Crippen LogP contribution is 2.32. The van der Waals surface area contributed by atoms with Gasteiger partial charge in [-0.15, -0.1) is 0 Å². The van der Waals surface area contributed by atoms with Crippen LogP contribution in [0.3, 0.4) is 0 Å². The fraction of sp³-hybridized carbons (Fsp3) is 0. The maximum absolute atomic E-state index is 12.2. The van der Waals surface area contributed by atoms with Crippen LogP contribution < -0.4 is 10.3 Å². The van der Waals surface area contributed by atoms with Gasteiger partial charge in [-0.25, -0.2) is 8.42 Å². The average Bonchev–Trinajstić information content (AvgIpc) is 2.37. The summed E-state index contributed by atoms with van der Waals surface area (Å²) in [5, 5.41) is -0.195. The molecule has 0 amide bonds. The van der Waals surface area contributed by atoms with Crippen LogP contribution in [0.4, 0.5) is 5.69 Å². The molecule has 2 aromatic rings. The van der Waals surface area contributed by atoms with Gasteiger partial charge in [-0.3, -0.25) is 9.52 Å². The molecule has 0 fully saturated rings. The first-order chi connectivity index (χ1) is 9.31. The molecule has 0 bridgehead atoms. The van der Waals surface area contributed by atoms with Crippen LogP contribution in [0.5, 0.6) is 0 Å². The summed E-state index contributed by atoms with van der Waals surface area (Å²) >= 11 is 12.1. The smallest absolute Gasteiger partial charge is 0.266 e. The molecular formula is C11H7Br2ClN2O3S. The highest BCUT2D eigenvalue weighted by atomic mass is 79.9. The first kappa shape index (κ1) is 15.6. The molecule has 2 rings (SSSR count). The van der Waals surface area contributed by atoms with E-state index >= 15 is 0 Å². The minimum absolute atomic E-state index is 0.134. The number of benzene rings is 1. The Bertz CT molecular complexity index is 800. The fourth-order valence-corrected chi connectivity index (χ4v) is 4.17. The van der Waals surface area contributed by atoms with Gasteiger partial charge in [0.1, 0.15) is 9.92 Å². The summed E-state index contributed by atoms with van der Waals surface area (Å²) in [6.07, 6.45) is 1.08. The second-order valence-electron chi connectivity index (χ2n) is 3.71. The third kappa shape index (κ3) is 3.25. The van der Waals surface area contributed by atoms with Crippen molar-refractivity contribution in [1.29, 1.82) is 0 Å². The van der Waals surface area contributed by atoms with E-state index in [2.05, 4.69) is 41.6 Å². The van der Waals surface area contributed by atoms with Gasteiger partial charge in [-0.1, -0.05) is 17.7 Å². The van der Waals surface area contributed by atoms with E-state index in [9.17, 15) is 13.2 Å². The van der Waals surface area contributed by atoms with Gasteiger partial charge in [0, 0.05) is 15.1 Å². The Morgan fingerprint density at radius 2 is 1.80 bits per heavy atom. The summed E-state index contributed by atoms with van der Waals surface area (Å²) in [5.74, 6) is 0. The molecular weight excluding hydrogens is 435 g/mol. The molecule has 1 aromatic carbocycles. The van der Waals surface area contributed by atoms with E-state index < -0.39 is 15.6 Å². The Balaban J connectivity index is 2.46. The molecule has 0 spiro atoms. The van der Waals surface area contributed by atoms with Crippen LogP contribution >= 0.6 is 43.5 Å². The average molecular weight is 443 g/mol. The van der Waals surface area contributed by atoms with Crippen molar-refractivity contribution in [3.8, 4) is 0 Å². The number of nitrogens with one attached hydrogen (secondary N) is 2. The first-order valence-electron chi connectivity index (χ1n) is 5.16. The Morgan fingerprint density at radius 3 is 2.35 bits per heavy atom. The molecule has 2 N–H and O–H groups in total. The van der Waals surface area contributed by atoms with Crippen molar-refractivity contribution in [3.05, 3.63) is 54.8 Å². The van der Waals surface area contributed by atoms with Gasteiger partial charge in [0.05, 0.1) is 5.69 Å². The number of halogens is 3. The lowest BCUT2D eigenvalue weighted by Crippen LogP contribution is -2.16. The number of anilines is 1. The van der Waals surface area contributed by atoms with Gasteiger partial charge in [0.25, 0.3) is 15.6 Å². The third-order valence-electron chi connectivity index (χ3n) is 2.34. The summed E-state index contributed by atoms with van der Waals surface area (Å²) in [6.45, 7) is 0. The van der Waals surface area contributed by atoms with Gasteiger partial charge < -0.3 is 4.98 Å². The van der Waals surface area contributed by atoms with E-state index in [4.69, 9.17) is 11.6 Å². The molecule has 0 aliphatic carbocycles. The van der Waals surface area contributed by atoms with E-state index in [0.29, 0.717) is 14.6 Å². The molecule has 0 radical (unpaired) electrons. The zero-order valence-electron chi connectivity index (χ0n) is 9.65. The maximum atomic E-state index is 12.2. The number of hydrogen-bond donors (Lipinski definition) is 2. The molecule has 1 heterocycles. The largest absolute Gasteiger partial charge is 0.326 e. The lowest BCUT2D eigenvalue weighted by molar-refractivity contribution is 0.600. The molecule has 1 aromatic heterocycles. The molecule has 106 valence electrons. The lowest BCUT2D eigenvalue weighted by atomic mass is 10.3. The highest BCUT2D eigenvalue weighted by Gasteiger charge is 2.18. The summed E-state index contributed by atoms with van der Waals surface area (Å²) < 4.78 is 28.0. The van der Waals surface area contributed by atoms with Crippen molar-refractivity contribution >= 4 is 59.2 Å². The van der Waals surface area contributed by atoms with Crippen LogP contribution in [0.2, 0.25) is 5.02 Å². The summed E-state index contributed by atoms with van der Waals surface area (Å²) in [4.78, 5) is 13.3. The van der Waals surface area contributed by atoms with Crippen molar-refractivity contribution in [1.82, 2.24) is 4.98 Å². The van der Waals surface area contributed by atoms with Gasteiger partial charge in [0.2, 0.25) is 0 Å². The Hall–Kier alpha value is -0.830. The number of aromatic amines is 1. The number of para-hydroxylation sites is 1. The molecule has 0 aliphatic rings. The van der Waals surface area contributed by atoms with Crippen LogP contribution in [-0.2, 0) is 10.0 Å². The Morgan fingerprint density at radius 1 is 1.20 bits per heavy atom. The van der Waals surface area contributed by atoms with Gasteiger partial charge in [-0.05, 0) is 50.1 Å². The van der Waals surface area contributed by atoms with E-state index in [1.165, 1.54) is 0 Å². The fourth-order valence-electron chi connectivity index (χ4n) is 1.38. The molecule has 0 atom stereocenters. The summed E-state index contributed by atoms with van der Waals surface area (Å²) in [7, 11) is -3.86. The number of hydrogen-bond acceptors (Lipinski definition) is 3. The zero-order chi connectivity index (χ0) is 14.9. The topological polar surface area (TPSA) is 79.0 Å². The van der Waals surface area contributed by atoms with E-state index in [-0.39, 0.29) is 9.92 Å². The van der Waals surface area contributed by atoms with Crippen LogP contribution in [0, 0.1) is 0 Å². The van der Waals surface area contributed by atoms with Crippen molar-refractivity contribution in [2.24, 2.45) is 0 Å². The molecule has 5 nitrogen and oxygen atoms in total. The maximum Gasteiger partial charge on any atom is 0.266 e. The molecule has 20 heavy (non-hydrogen) atoms. The first-order valence-corrected chi connectivity index (χ1v) is 8.61. The molecule has 0 aliphatic heterocycles. The number of sulfonamides is 1. The van der Waals surface area contributed by atoms with E-state index in [1.807, 2.05) is 0 Å². The Labute approximate surface area is 136 Å². The molecule has 9 heteroatoms. The monoisotopic (exact) mass is 440 g/mol. The minimum Gasteiger partial charge on any atom is -0.326 e. The second kappa shape index (κ2) is 5.88. The van der Waals surface area contributed by atoms with Gasteiger partial charge >= 0.3 is 0 Å². The standard InChI is InChI=1S/C11H7Br2ClN2O3S/c12-7-2-1-3-8(13)10(7)16-20(18,19)6-4-9(14)11(17)15-5-6/h1-5,16H,(H,15,17). The molecule has 0 saturated heterocycles. The summed E-state index contributed by atoms with van der Waals surface area (Å²) in [6, 6.07) is 6.24. The molecule has 0 saturated carbocycles. The van der Waals surface area contributed by atoms with Crippen molar-refractivity contribution in [2.45, 2.75) is 4.90 Å².